The summed E-state index contributed by atoms with van der Waals surface area (Å²) in [4.78, 5) is 18.2. The Morgan fingerprint density at radius 1 is 0.970 bits per heavy atom. The largest absolute Gasteiger partial charge is 0.298 e. The molecule has 0 aliphatic carbocycles. The van der Waals surface area contributed by atoms with Crippen LogP contribution in [0.5, 0.6) is 0 Å². The Morgan fingerprint density at radius 3 is 2.39 bits per heavy atom. The topological polar surface area (TPSA) is 88.2 Å². The molecule has 0 saturated heterocycles. The minimum Gasteiger partial charge on any atom is -0.298 e. The first-order valence-electron chi connectivity index (χ1n) is 9.97. The molecule has 2 N–H and O–H groups in total. The van der Waals surface area contributed by atoms with Crippen molar-refractivity contribution in [3.05, 3.63) is 95.4 Å². The van der Waals surface area contributed by atoms with Crippen LogP contribution in [0, 0.1) is 19.7 Å². The van der Waals surface area contributed by atoms with Crippen molar-refractivity contribution in [3.63, 3.8) is 0 Å². The monoisotopic (exact) mass is 481 g/mol. The molecule has 9 heteroatoms. The van der Waals surface area contributed by atoms with Gasteiger partial charge in [-0.15, -0.1) is 0 Å². The molecule has 0 unspecified atom stereocenters. The van der Waals surface area contributed by atoms with Gasteiger partial charge < -0.3 is 0 Å². The average molecular weight is 482 g/mol. The maximum Gasteiger partial charge on any atom is 0.262 e. The molecule has 0 aliphatic heterocycles. The van der Waals surface area contributed by atoms with Crippen LogP contribution in [-0.4, -0.2) is 19.3 Å². The van der Waals surface area contributed by atoms with E-state index in [1.165, 1.54) is 47.7 Å². The number of anilines is 2. The van der Waals surface area contributed by atoms with Gasteiger partial charge in [0.1, 0.15) is 5.82 Å². The first kappa shape index (κ1) is 22.6. The van der Waals surface area contributed by atoms with Crippen LogP contribution in [0.15, 0.2) is 77.7 Å². The van der Waals surface area contributed by atoms with Crippen molar-refractivity contribution in [1.29, 1.82) is 0 Å². The highest BCUT2D eigenvalue weighted by molar-refractivity contribution is 7.92. The van der Waals surface area contributed by atoms with Gasteiger partial charge in [0.05, 0.1) is 21.2 Å². The summed E-state index contributed by atoms with van der Waals surface area (Å²) >= 11 is 1.34. The van der Waals surface area contributed by atoms with E-state index in [0.717, 1.165) is 22.2 Å². The zero-order chi connectivity index (χ0) is 23.6. The number of halogens is 1. The van der Waals surface area contributed by atoms with E-state index in [4.69, 9.17) is 0 Å². The van der Waals surface area contributed by atoms with Crippen LogP contribution in [0.3, 0.4) is 0 Å². The Hall–Kier alpha value is -3.56. The smallest absolute Gasteiger partial charge is 0.262 e. The summed E-state index contributed by atoms with van der Waals surface area (Å²) in [5.74, 6) is -1.18. The summed E-state index contributed by atoms with van der Waals surface area (Å²) in [6.07, 6.45) is 0. The number of carbonyl (C=O) groups excluding carboxylic acids is 1. The minimum absolute atomic E-state index is 0.151. The maximum absolute atomic E-state index is 13.9. The van der Waals surface area contributed by atoms with E-state index in [1.807, 2.05) is 37.3 Å². The number of nitrogens with zero attached hydrogens (tertiary/aromatic N) is 1. The number of rotatable bonds is 6. The molecule has 0 bridgehead atoms. The second-order valence-electron chi connectivity index (χ2n) is 7.32. The van der Waals surface area contributed by atoms with Crippen LogP contribution in [-0.2, 0) is 10.0 Å². The third kappa shape index (κ3) is 4.94. The van der Waals surface area contributed by atoms with Gasteiger partial charge in [-0.05, 0) is 49.2 Å². The zero-order valence-electron chi connectivity index (χ0n) is 17.8. The number of sulfonamides is 1. The summed E-state index contributed by atoms with van der Waals surface area (Å²) in [7, 11) is -4.10. The Kier molecular flexibility index (Phi) is 6.26. The summed E-state index contributed by atoms with van der Waals surface area (Å²) in [5, 5.41) is 3.17. The fourth-order valence-electron chi connectivity index (χ4n) is 3.23. The van der Waals surface area contributed by atoms with Crippen molar-refractivity contribution in [2.24, 2.45) is 0 Å². The molecular formula is C24H20FN3O3S2. The first-order chi connectivity index (χ1) is 15.7. The van der Waals surface area contributed by atoms with Gasteiger partial charge in [0.2, 0.25) is 0 Å². The summed E-state index contributed by atoms with van der Waals surface area (Å²) in [5.41, 5.74) is 2.38. The Balaban J connectivity index is 1.59. The van der Waals surface area contributed by atoms with Crippen molar-refractivity contribution in [2.75, 3.05) is 10.0 Å². The van der Waals surface area contributed by atoms with E-state index in [1.54, 1.807) is 6.92 Å². The number of hydrogen-bond donors (Lipinski definition) is 2. The average Bonchev–Trinajstić information content (AvgIpc) is 3.15. The first-order valence-corrected chi connectivity index (χ1v) is 12.3. The van der Waals surface area contributed by atoms with Crippen molar-refractivity contribution in [1.82, 2.24) is 4.98 Å². The van der Waals surface area contributed by atoms with Gasteiger partial charge in [0.25, 0.3) is 15.9 Å². The Bertz CT molecular complexity index is 1430. The molecule has 1 aromatic heterocycles. The predicted octanol–water partition coefficient (Wildman–Crippen LogP) is 5.62. The lowest BCUT2D eigenvalue weighted by atomic mass is 10.1. The van der Waals surface area contributed by atoms with Gasteiger partial charge in [-0.25, -0.2) is 17.8 Å². The lowest BCUT2D eigenvalue weighted by Crippen LogP contribution is -2.17. The molecule has 0 radical (unpaired) electrons. The molecule has 33 heavy (non-hydrogen) atoms. The van der Waals surface area contributed by atoms with E-state index < -0.39 is 21.7 Å². The van der Waals surface area contributed by atoms with Crippen LogP contribution < -0.4 is 10.0 Å². The van der Waals surface area contributed by atoms with Gasteiger partial charge in [-0.3, -0.25) is 14.8 Å². The quantitative estimate of drug-likeness (QED) is 0.374. The number of thiazole rings is 1. The number of nitrogens with one attached hydrogen (secondary N) is 2. The van der Waals surface area contributed by atoms with Crippen molar-refractivity contribution < 1.29 is 17.6 Å². The van der Waals surface area contributed by atoms with Gasteiger partial charge in [-0.1, -0.05) is 59.9 Å². The molecule has 3 aromatic carbocycles. The van der Waals surface area contributed by atoms with Gasteiger partial charge in [-0.2, -0.15) is 0 Å². The number of aromatic nitrogens is 1. The molecule has 0 aliphatic rings. The molecule has 4 aromatic rings. The van der Waals surface area contributed by atoms with E-state index >= 15 is 0 Å². The highest BCUT2D eigenvalue weighted by atomic mass is 32.2. The van der Waals surface area contributed by atoms with E-state index in [-0.39, 0.29) is 16.1 Å². The van der Waals surface area contributed by atoms with Crippen LogP contribution >= 0.6 is 11.3 Å². The lowest BCUT2D eigenvalue weighted by Gasteiger charge is -2.11. The zero-order valence-corrected chi connectivity index (χ0v) is 19.4. The maximum atomic E-state index is 13.9. The predicted molar refractivity (Wildman–Crippen MR) is 129 cm³/mol. The fourth-order valence-corrected chi connectivity index (χ4v) is 5.29. The lowest BCUT2D eigenvalue weighted by molar-refractivity contribution is 0.102. The number of aryl methyl sites for hydroxylation is 2. The molecule has 0 fully saturated rings. The van der Waals surface area contributed by atoms with Crippen LogP contribution in [0.4, 0.5) is 15.2 Å². The van der Waals surface area contributed by atoms with Crippen LogP contribution in [0.25, 0.3) is 10.4 Å². The summed E-state index contributed by atoms with van der Waals surface area (Å²) in [6, 6.07) is 19.4. The molecular weight excluding hydrogens is 461 g/mol. The Labute approximate surface area is 195 Å². The van der Waals surface area contributed by atoms with Crippen molar-refractivity contribution in [3.8, 4) is 10.4 Å². The summed E-state index contributed by atoms with van der Waals surface area (Å²) < 4.78 is 41.7. The second kappa shape index (κ2) is 9.13. The van der Waals surface area contributed by atoms with E-state index in [9.17, 15) is 17.6 Å². The minimum atomic E-state index is -4.10. The molecule has 4 rings (SSSR count). The van der Waals surface area contributed by atoms with Crippen LogP contribution in [0.1, 0.15) is 21.6 Å². The van der Waals surface area contributed by atoms with Crippen LogP contribution in [0.2, 0.25) is 0 Å². The molecule has 1 heterocycles. The standard InChI is InChI=1S/C24H20FN3O3S2/c1-15-12-13-18(33(30,31)28-21-11-7-6-10-20(21)25)14-19(15)23(29)27-24-26-16(2)22(32-24)17-8-4-3-5-9-17/h3-14,28H,1-2H3,(H,26,27,29). The van der Waals surface area contributed by atoms with E-state index in [2.05, 4.69) is 15.0 Å². The number of amides is 1. The molecule has 1 amide bonds. The van der Waals surface area contributed by atoms with Gasteiger partial charge >= 0.3 is 0 Å². The van der Waals surface area contributed by atoms with Crippen molar-refractivity contribution in [2.45, 2.75) is 18.7 Å². The molecule has 6 nitrogen and oxygen atoms in total. The SMILES string of the molecule is Cc1ccc(S(=O)(=O)Nc2ccccc2F)cc1C(=O)Nc1nc(C)c(-c2ccccc2)s1. The fraction of sp³-hybridized carbons (Fsp3) is 0.0833. The third-order valence-corrected chi connectivity index (χ3v) is 7.42. The molecule has 0 saturated carbocycles. The Morgan fingerprint density at radius 2 is 1.67 bits per heavy atom. The molecule has 0 atom stereocenters. The van der Waals surface area contributed by atoms with Crippen molar-refractivity contribution >= 4 is 38.1 Å². The molecule has 0 spiro atoms. The summed E-state index contributed by atoms with van der Waals surface area (Å²) in [6.45, 7) is 3.57. The third-order valence-electron chi connectivity index (χ3n) is 4.94. The van der Waals surface area contributed by atoms with Gasteiger partial charge in [0, 0.05) is 5.56 Å². The number of benzene rings is 3. The molecule has 168 valence electrons. The number of hydrogen-bond acceptors (Lipinski definition) is 5. The number of carbonyl (C=O) groups is 1. The highest BCUT2D eigenvalue weighted by Crippen LogP contribution is 2.33. The van der Waals surface area contributed by atoms with Gasteiger partial charge in [0.15, 0.2) is 5.13 Å². The normalized spacial score (nSPS) is 11.2. The number of para-hydroxylation sites is 1. The highest BCUT2D eigenvalue weighted by Gasteiger charge is 2.20. The second-order valence-corrected chi connectivity index (χ2v) is 10.00. The van der Waals surface area contributed by atoms with E-state index in [0.29, 0.717) is 10.7 Å².